The van der Waals surface area contributed by atoms with Crippen LogP contribution in [0.25, 0.3) is 22.4 Å². The molecule has 0 bridgehead atoms. The maximum absolute atomic E-state index is 5.85. The Morgan fingerprint density at radius 1 is 1.10 bits per heavy atom. The third kappa shape index (κ3) is 2.05. The van der Waals surface area contributed by atoms with Gasteiger partial charge in [-0.2, -0.15) is 8.75 Å². The van der Waals surface area contributed by atoms with Gasteiger partial charge in [0.15, 0.2) is 0 Å². The summed E-state index contributed by atoms with van der Waals surface area (Å²) in [7, 11) is 0. The minimum absolute atomic E-state index is 0.0452. The van der Waals surface area contributed by atoms with Crippen molar-refractivity contribution in [3.8, 4) is 11.3 Å². The molecule has 1 unspecified atom stereocenters. The fraction of sp³-hybridized carbons (Fsp3) is 0.250. The van der Waals surface area contributed by atoms with Gasteiger partial charge < -0.3 is 9.15 Å². The Kier molecular flexibility index (Phi) is 2.82. The van der Waals surface area contributed by atoms with Crippen molar-refractivity contribution in [2.45, 2.75) is 26.4 Å². The van der Waals surface area contributed by atoms with Crippen molar-refractivity contribution < 1.29 is 9.15 Å². The Bertz CT molecular complexity index is 847. The number of hydrogen-bond acceptors (Lipinski definition) is 5. The van der Waals surface area contributed by atoms with Gasteiger partial charge in [-0.3, -0.25) is 0 Å². The van der Waals surface area contributed by atoms with Gasteiger partial charge >= 0.3 is 0 Å². The average Bonchev–Trinajstić information content (AvgIpc) is 3.18. The molecule has 0 spiro atoms. The summed E-state index contributed by atoms with van der Waals surface area (Å²) in [6.45, 7) is 3.92. The second kappa shape index (κ2) is 4.70. The second-order valence-electron chi connectivity index (χ2n) is 5.23. The number of fused-ring (bicyclic) bond motifs is 1. The third-order valence-corrected chi connectivity index (χ3v) is 4.28. The highest BCUT2D eigenvalue weighted by Crippen LogP contribution is 2.37. The van der Waals surface area contributed by atoms with Crippen LogP contribution in [0.4, 0.5) is 0 Å². The highest BCUT2D eigenvalue weighted by molar-refractivity contribution is 7.00. The van der Waals surface area contributed by atoms with Crippen LogP contribution in [0, 0.1) is 6.92 Å². The van der Waals surface area contributed by atoms with Crippen LogP contribution >= 0.6 is 11.7 Å². The molecule has 21 heavy (non-hydrogen) atoms. The molecule has 0 saturated carbocycles. The molecule has 4 rings (SSSR count). The summed E-state index contributed by atoms with van der Waals surface area (Å²) in [6.07, 6.45) is 3.04. The lowest BCUT2D eigenvalue weighted by atomic mass is 10.0. The van der Waals surface area contributed by atoms with Crippen LogP contribution in [0.1, 0.15) is 30.8 Å². The number of aromatic nitrogens is 2. The highest BCUT2D eigenvalue weighted by Gasteiger charge is 2.23. The molecule has 4 nitrogen and oxygen atoms in total. The third-order valence-electron chi connectivity index (χ3n) is 3.75. The molecule has 1 aliphatic heterocycles. The molecule has 0 radical (unpaired) electrons. The number of benzene rings is 1. The molecule has 0 aliphatic carbocycles. The van der Waals surface area contributed by atoms with Crippen LogP contribution in [0.5, 0.6) is 0 Å². The summed E-state index contributed by atoms with van der Waals surface area (Å²) in [4.78, 5) is 0. The van der Waals surface area contributed by atoms with E-state index in [1.807, 2.05) is 32.0 Å². The number of nitrogens with zero attached hydrogens (tertiary/aromatic N) is 2. The number of hydrogen-bond donors (Lipinski definition) is 0. The molecular weight excluding hydrogens is 284 g/mol. The predicted molar refractivity (Wildman–Crippen MR) is 82.1 cm³/mol. The topological polar surface area (TPSA) is 48.2 Å². The summed E-state index contributed by atoms with van der Waals surface area (Å²) in [5.41, 5.74) is 3.89. The minimum atomic E-state index is 0.0452. The van der Waals surface area contributed by atoms with Gasteiger partial charge in [0.25, 0.3) is 0 Å². The number of rotatable bonds is 2. The van der Waals surface area contributed by atoms with Gasteiger partial charge in [-0.15, -0.1) is 0 Å². The standard InChI is InChI=1S/C16H14N2O2S/c1-9-3-7-13(19-9)11-5-6-12(14-8-4-10(2)20-14)16-15(11)17-21-18-16/h3-7,14H,8H2,1-2H3. The van der Waals surface area contributed by atoms with E-state index in [9.17, 15) is 0 Å². The number of furan rings is 1. The number of aryl methyl sites for hydroxylation is 1. The zero-order chi connectivity index (χ0) is 14.4. The molecule has 3 aromatic rings. The summed E-state index contributed by atoms with van der Waals surface area (Å²) in [6, 6.07) is 8.06. The van der Waals surface area contributed by atoms with E-state index < -0.39 is 0 Å². The molecule has 5 heteroatoms. The lowest BCUT2D eigenvalue weighted by molar-refractivity contribution is 0.148. The Labute approximate surface area is 126 Å². The van der Waals surface area contributed by atoms with Crippen LogP contribution in [0.3, 0.4) is 0 Å². The molecule has 1 atom stereocenters. The SMILES string of the molecule is CC1=CCC(c2ccc(-c3ccc(C)o3)c3nsnc23)O1. The molecule has 106 valence electrons. The van der Waals surface area contributed by atoms with Crippen LogP contribution in [0.15, 0.2) is 40.5 Å². The van der Waals surface area contributed by atoms with E-state index in [2.05, 4.69) is 20.9 Å². The van der Waals surface area contributed by atoms with Gasteiger partial charge in [-0.25, -0.2) is 0 Å². The fourth-order valence-corrected chi connectivity index (χ4v) is 3.29. The molecule has 0 N–H and O–H groups in total. The monoisotopic (exact) mass is 298 g/mol. The minimum Gasteiger partial charge on any atom is -0.490 e. The first-order valence-electron chi connectivity index (χ1n) is 6.88. The first-order valence-corrected chi connectivity index (χ1v) is 7.61. The van der Waals surface area contributed by atoms with Crippen molar-refractivity contribution in [3.63, 3.8) is 0 Å². The molecular formula is C16H14N2O2S. The smallest absolute Gasteiger partial charge is 0.136 e. The van der Waals surface area contributed by atoms with Crippen LogP contribution in [-0.4, -0.2) is 8.75 Å². The fourth-order valence-electron chi connectivity index (χ4n) is 2.71. The Morgan fingerprint density at radius 2 is 1.95 bits per heavy atom. The Morgan fingerprint density at radius 3 is 2.67 bits per heavy atom. The van der Waals surface area contributed by atoms with Gasteiger partial charge in [-0.05, 0) is 38.1 Å². The molecule has 0 saturated heterocycles. The lowest BCUT2D eigenvalue weighted by Crippen LogP contribution is -1.98. The summed E-state index contributed by atoms with van der Waals surface area (Å²) >= 11 is 1.23. The predicted octanol–water partition coefficient (Wildman–Crippen LogP) is 4.62. The molecule has 1 aromatic carbocycles. The zero-order valence-corrected chi connectivity index (χ0v) is 12.6. The average molecular weight is 298 g/mol. The van der Waals surface area contributed by atoms with Crippen molar-refractivity contribution in [2.24, 2.45) is 0 Å². The molecule has 0 amide bonds. The summed E-state index contributed by atoms with van der Waals surface area (Å²) < 4.78 is 20.5. The van der Waals surface area contributed by atoms with E-state index >= 15 is 0 Å². The summed E-state index contributed by atoms with van der Waals surface area (Å²) in [5, 5.41) is 0. The van der Waals surface area contributed by atoms with Gasteiger partial charge in [0.05, 0.1) is 17.5 Å². The van der Waals surface area contributed by atoms with Crippen molar-refractivity contribution in [3.05, 3.63) is 47.4 Å². The summed E-state index contributed by atoms with van der Waals surface area (Å²) in [5.74, 6) is 2.70. The first-order chi connectivity index (χ1) is 10.2. The maximum atomic E-state index is 5.85. The van der Waals surface area contributed by atoms with E-state index in [0.717, 1.165) is 45.9 Å². The quantitative estimate of drug-likeness (QED) is 0.692. The zero-order valence-electron chi connectivity index (χ0n) is 11.8. The van der Waals surface area contributed by atoms with E-state index in [1.165, 1.54) is 11.7 Å². The van der Waals surface area contributed by atoms with Gasteiger partial charge in [-0.1, -0.05) is 6.07 Å². The van der Waals surface area contributed by atoms with E-state index in [-0.39, 0.29) is 6.10 Å². The Hall–Kier alpha value is -2.14. The van der Waals surface area contributed by atoms with Crippen LogP contribution in [0.2, 0.25) is 0 Å². The first kappa shape index (κ1) is 12.6. The maximum Gasteiger partial charge on any atom is 0.136 e. The molecule has 3 heterocycles. The molecule has 0 fully saturated rings. The van der Waals surface area contributed by atoms with Crippen molar-refractivity contribution >= 4 is 22.8 Å². The van der Waals surface area contributed by atoms with E-state index in [4.69, 9.17) is 9.15 Å². The van der Waals surface area contributed by atoms with Gasteiger partial charge in [0.2, 0.25) is 0 Å². The number of allylic oxidation sites excluding steroid dienone is 1. The van der Waals surface area contributed by atoms with Crippen molar-refractivity contribution in [1.29, 1.82) is 0 Å². The van der Waals surface area contributed by atoms with Crippen LogP contribution < -0.4 is 0 Å². The van der Waals surface area contributed by atoms with Crippen molar-refractivity contribution in [1.82, 2.24) is 8.75 Å². The highest BCUT2D eigenvalue weighted by atomic mass is 32.1. The second-order valence-corrected chi connectivity index (χ2v) is 5.76. The lowest BCUT2D eigenvalue weighted by Gasteiger charge is -2.13. The van der Waals surface area contributed by atoms with E-state index in [0.29, 0.717) is 0 Å². The molecule has 1 aliphatic rings. The number of ether oxygens (including phenoxy) is 1. The molecule has 2 aromatic heterocycles. The van der Waals surface area contributed by atoms with Crippen LogP contribution in [-0.2, 0) is 4.74 Å². The Balaban J connectivity index is 1.84. The largest absolute Gasteiger partial charge is 0.490 e. The normalized spacial score (nSPS) is 18.0. The van der Waals surface area contributed by atoms with Gasteiger partial charge in [0.1, 0.15) is 28.7 Å². The van der Waals surface area contributed by atoms with E-state index in [1.54, 1.807) is 0 Å². The van der Waals surface area contributed by atoms with Gasteiger partial charge in [0, 0.05) is 17.5 Å². The van der Waals surface area contributed by atoms with Crippen molar-refractivity contribution in [2.75, 3.05) is 0 Å².